The molecule has 1 amide bonds. The minimum atomic E-state index is -3.41. The summed E-state index contributed by atoms with van der Waals surface area (Å²) < 4.78 is 29.0. The van der Waals surface area contributed by atoms with Crippen LogP contribution in [-0.4, -0.2) is 60.2 Å². The first kappa shape index (κ1) is 22.2. The van der Waals surface area contributed by atoms with Crippen molar-refractivity contribution in [3.05, 3.63) is 59.3 Å². The number of amides is 1. The summed E-state index contributed by atoms with van der Waals surface area (Å²) in [5, 5.41) is 24.7. The minimum Gasteiger partial charge on any atom is -0.382 e. The number of hydrogen-bond acceptors (Lipinski definition) is 7. The van der Waals surface area contributed by atoms with Crippen LogP contribution in [0.2, 0.25) is 0 Å². The molecule has 0 radical (unpaired) electrons. The van der Waals surface area contributed by atoms with Crippen molar-refractivity contribution in [3.8, 4) is 10.7 Å². The van der Waals surface area contributed by atoms with Crippen molar-refractivity contribution in [2.45, 2.75) is 43.8 Å². The van der Waals surface area contributed by atoms with Gasteiger partial charge in [-0.2, -0.15) is 14.0 Å². The number of aromatic nitrogens is 5. The number of H-pyrrole nitrogens is 1. The van der Waals surface area contributed by atoms with E-state index in [1.165, 1.54) is 41.7 Å². The van der Waals surface area contributed by atoms with E-state index in [-0.39, 0.29) is 17.5 Å². The van der Waals surface area contributed by atoms with Gasteiger partial charge in [-0.3, -0.25) is 4.79 Å². The zero-order valence-corrected chi connectivity index (χ0v) is 17.9. The third-order valence-electron chi connectivity index (χ3n) is 5.33. The number of carbonyl (C=O) groups excluding carboxylic acids is 1. The zero-order chi connectivity index (χ0) is 22.6. The third-order valence-corrected chi connectivity index (χ3v) is 6.38. The van der Waals surface area contributed by atoms with Crippen molar-refractivity contribution in [1.82, 2.24) is 30.5 Å². The number of benzene rings is 1. The average molecular weight is 461 g/mol. The van der Waals surface area contributed by atoms with E-state index in [1.807, 2.05) is 0 Å². The van der Waals surface area contributed by atoms with E-state index in [1.54, 1.807) is 17.2 Å². The lowest BCUT2D eigenvalue weighted by Crippen LogP contribution is -2.34. The molecular formula is C21H22F2N6O2S. The van der Waals surface area contributed by atoms with Crippen LogP contribution in [0.5, 0.6) is 0 Å². The number of nitrogens with zero attached hydrogens (tertiary/aromatic N) is 5. The second kappa shape index (κ2) is 9.61. The molecule has 2 N–H and O–H groups in total. The van der Waals surface area contributed by atoms with Gasteiger partial charge in [0.1, 0.15) is 6.10 Å². The molecule has 168 valence electrons. The van der Waals surface area contributed by atoms with Gasteiger partial charge in [0.05, 0.1) is 15.9 Å². The van der Waals surface area contributed by atoms with Crippen molar-refractivity contribution >= 4 is 17.2 Å². The maximum absolute atomic E-state index is 14.5. The van der Waals surface area contributed by atoms with Crippen LogP contribution in [0, 0.1) is 0 Å². The Morgan fingerprint density at radius 2 is 2.16 bits per heavy atom. The van der Waals surface area contributed by atoms with Crippen LogP contribution in [0.4, 0.5) is 8.78 Å². The maximum Gasteiger partial charge on any atom is 0.302 e. The fraction of sp³-hybridized carbons (Fsp3) is 0.381. The van der Waals surface area contributed by atoms with Gasteiger partial charge in [-0.05, 0) is 18.1 Å². The summed E-state index contributed by atoms with van der Waals surface area (Å²) in [6.07, 6.45) is 4.57. The van der Waals surface area contributed by atoms with Gasteiger partial charge in [0, 0.05) is 31.1 Å². The highest BCUT2D eigenvalue weighted by atomic mass is 32.1. The Morgan fingerprint density at radius 3 is 2.91 bits per heavy atom. The van der Waals surface area contributed by atoms with Gasteiger partial charge >= 0.3 is 5.92 Å². The highest BCUT2D eigenvalue weighted by molar-refractivity contribution is 7.15. The molecule has 1 aliphatic rings. The molecule has 11 heteroatoms. The van der Waals surface area contributed by atoms with Crippen molar-refractivity contribution in [2.75, 3.05) is 6.54 Å². The van der Waals surface area contributed by atoms with E-state index in [2.05, 4.69) is 25.6 Å². The van der Waals surface area contributed by atoms with E-state index in [9.17, 15) is 18.7 Å². The molecule has 8 nitrogen and oxygen atoms in total. The smallest absolute Gasteiger partial charge is 0.302 e. The number of aromatic amines is 1. The molecule has 32 heavy (non-hydrogen) atoms. The highest BCUT2D eigenvalue weighted by Gasteiger charge is 2.39. The van der Waals surface area contributed by atoms with Crippen LogP contribution in [0.1, 0.15) is 29.8 Å². The molecule has 1 unspecified atom stereocenters. The summed E-state index contributed by atoms with van der Waals surface area (Å²) in [7, 11) is 0. The molecule has 3 heterocycles. The van der Waals surface area contributed by atoms with Crippen LogP contribution in [-0.2, 0) is 17.1 Å². The van der Waals surface area contributed by atoms with E-state index in [0.717, 1.165) is 16.0 Å². The lowest BCUT2D eigenvalue weighted by molar-refractivity contribution is -0.128. The van der Waals surface area contributed by atoms with Gasteiger partial charge in [0.15, 0.2) is 0 Å². The van der Waals surface area contributed by atoms with Crippen LogP contribution >= 0.6 is 11.3 Å². The number of rotatable bonds is 9. The molecule has 1 fully saturated rings. The number of aliphatic hydroxyl groups is 1. The van der Waals surface area contributed by atoms with E-state index in [0.29, 0.717) is 38.1 Å². The fourth-order valence-corrected chi connectivity index (χ4v) is 4.52. The van der Waals surface area contributed by atoms with E-state index >= 15 is 0 Å². The van der Waals surface area contributed by atoms with Gasteiger partial charge in [0.25, 0.3) is 0 Å². The Morgan fingerprint density at radius 1 is 1.34 bits per heavy atom. The number of likely N-dealkylation sites (tertiary alicyclic amines) is 1. The topological polar surface area (TPSA) is 108 Å². The molecule has 0 aliphatic carbocycles. The second-order valence-electron chi connectivity index (χ2n) is 7.47. The maximum atomic E-state index is 14.5. The molecule has 0 bridgehead atoms. The standard InChI is InChI=1S/C21H22F2N6O2S/c22-21(23,14-5-2-1-3-6-14)17(30)10-8-15-9-11-19(31)29(15)12-4-7-18-24-13-16(32-18)20-25-27-28-26-20/h1-3,5-6,8,10,13,15,17,30H,4,7,9,11-12H2,(H,25,26,27,28)/t15-,17?/m0/s1. The Hall–Kier alpha value is -3.05. The molecule has 1 aliphatic heterocycles. The predicted molar refractivity (Wildman–Crippen MR) is 114 cm³/mol. The van der Waals surface area contributed by atoms with Gasteiger partial charge in [-0.15, -0.1) is 21.5 Å². The third kappa shape index (κ3) is 4.89. The summed E-state index contributed by atoms with van der Waals surface area (Å²) in [4.78, 5) is 19.1. The number of nitrogens with one attached hydrogen (secondary N) is 1. The van der Waals surface area contributed by atoms with Crippen molar-refractivity contribution in [1.29, 1.82) is 0 Å². The first-order valence-electron chi connectivity index (χ1n) is 10.2. The summed E-state index contributed by atoms with van der Waals surface area (Å²) in [6, 6.07) is 6.91. The average Bonchev–Trinajstić information content (AvgIpc) is 3.55. The number of halogens is 2. The van der Waals surface area contributed by atoms with Gasteiger partial charge in [-0.25, -0.2) is 4.98 Å². The van der Waals surface area contributed by atoms with Crippen LogP contribution in [0.3, 0.4) is 0 Å². The minimum absolute atomic E-state index is 0.0180. The monoisotopic (exact) mass is 460 g/mol. The molecule has 1 saturated heterocycles. The SMILES string of the molecule is O=C1CC[C@H](C=CC(O)C(F)(F)c2ccccc2)N1CCCc1ncc(-c2nn[nH]n2)s1. The summed E-state index contributed by atoms with van der Waals surface area (Å²) >= 11 is 1.46. The second-order valence-corrected chi connectivity index (χ2v) is 8.58. The molecule has 1 aromatic carbocycles. The summed E-state index contributed by atoms with van der Waals surface area (Å²) in [6.45, 7) is 0.482. The van der Waals surface area contributed by atoms with Crippen molar-refractivity contribution < 1.29 is 18.7 Å². The first-order chi connectivity index (χ1) is 15.4. The molecule has 2 atom stereocenters. The number of thiazole rings is 1. The summed E-state index contributed by atoms with van der Waals surface area (Å²) in [5.74, 6) is -2.94. The van der Waals surface area contributed by atoms with Crippen LogP contribution < -0.4 is 0 Å². The molecule has 2 aromatic heterocycles. The lowest BCUT2D eigenvalue weighted by Gasteiger charge is -2.24. The molecule has 4 rings (SSSR count). The van der Waals surface area contributed by atoms with E-state index in [4.69, 9.17) is 0 Å². The Bertz CT molecular complexity index is 1060. The Kier molecular flexibility index (Phi) is 6.66. The van der Waals surface area contributed by atoms with Gasteiger partial charge < -0.3 is 10.0 Å². The van der Waals surface area contributed by atoms with Crippen molar-refractivity contribution in [2.24, 2.45) is 0 Å². The highest BCUT2D eigenvalue weighted by Crippen LogP contribution is 2.33. The number of aliphatic hydroxyl groups excluding tert-OH is 1. The predicted octanol–water partition coefficient (Wildman–Crippen LogP) is 2.96. The van der Waals surface area contributed by atoms with Crippen LogP contribution in [0.15, 0.2) is 48.7 Å². The van der Waals surface area contributed by atoms with Gasteiger partial charge in [-0.1, -0.05) is 42.5 Å². The largest absolute Gasteiger partial charge is 0.382 e. The number of tetrazole rings is 1. The number of hydrogen-bond donors (Lipinski definition) is 2. The number of aryl methyl sites for hydroxylation is 1. The van der Waals surface area contributed by atoms with Crippen molar-refractivity contribution in [3.63, 3.8) is 0 Å². The normalized spacial score (nSPS) is 18.0. The Labute approximate surface area is 187 Å². The molecular weight excluding hydrogens is 438 g/mol. The van der Waals surface area contributed by atoms with Gasteiger partial charge in [0.2, 0.25) is 11.7 Å². The molecule has 3 aromatic rings. The van der Waals surface area contributed by atoms with E-state index < -0.39 is 12.0 Å². The first-order valence-corrected chi connectivity index (χ1v) is 11.0. The zero-order valence-electron chi connectivity index (χ0n) is 17.1. The fourth-order valence-electron chi connectivity index (χ4n) is 3.63. The molecule has 0 spiro atoms. The quantitative estimate of drug-likeness (QED) is 0.476. The number of carbonyl (C=O) groups is 1. The molecule has 0 saturated carbocycles. The lowest BCUT2D eigenvalue weighted by atomic mass is 10.0. The number of alkyl halides is 2. The van der Waals surface area contributed by atoms with Crippen LogP contribution in [0.25, 0.3) is 10.7 Å². The summed E-state index contributed by atoms with van der Waals surface area (Å²) in [5.41, 5.74) is -0.250. The Balaban J connectivity index is 1.33.